The highest BCUT2D eigenvalue weighted by Gasteiger charge is 2.30. The van der Waals surface area contributed by atoms with E-state index in [1.54, 1.807) is 0 Å². The van der Waals surface area contributed by atoms with Crippen LogP contribution in [-0.4, -0.2) is 6.04 Å². The summed E-state index contributed by atoms with van der Waals surface area (Å²) in [7, 11) is 0. The monoisotopic (exact) mass is 285 g/mol. The quantitative estimate of drug-likeness (QED) is 0.906. The van der Waals surface area contributed by atoms with E-state index in [4.69, 9.17) is 4.42 Å². The summed E-state index contributed by atoms with van der Waals surface area (Å²) in [6.45, 7) is 5.51. The fourth-order valence-electron chi connectivity index (χ4n) is 2.79. The second kappa shape index (κ2) is 5.37. The second-order valence-electron chi connectivity index (χ2n) is 4.80. The molecule has 1 N–H and O–H groups in total. The molecule has 1 heterocycles. The molecule has 1 aliphatic carbocycles. The minimum atomic E-state index is 0.661. The molecule has 0 bridgehead atoms. The van der Waals surface area contributed by atoms with E-state index in [0.717, 1.165) is 28.8 Å². The Bertz CT molecular complexity index is 336. The van der Waals surface area contributed by atoms with Crippen molar-refractivity contribution < 1.29 is 4.42 Å². The molecule has 3 heteroatoms. The molecular formula is C13H20BrNO. The predicted octanol–water partition coefficient (Wildman–Crippen LogP) is 3.96. The lowest BCUT2D eigenvalue weighted by molar-refractivity contribution is 0.334. The van der Waals surface area contributed by atoms with E-state index >= 15 is 0 Å². The molecule has 1 aromatic rings. The first kappa shape index (κ1) is 12.2. The summed E-state index contributed by atoms with van der Waals surface area (Å²) in [5.41, 5.74) is 0. The van der Waals surface area contributed by atoms with Crippen LogP contribution in [0.4, 0.5) is 0 Å². The molecule has 3 unspecified atom stereocenters. The third-order valence-electron chi connectivity index (χ3n) is 3.92. The zero-order valence-corrected chi connectivity index (χ0v) is 11.6. The fraction of sp³-hybridized carbons (Fsp3) is 0.692. The predicted molar refractivity (Wildman–Crippen MR) is 69.2 cm³/mol. The van der Waals surface area contributed by atoms with Gasteiger partial charge in [-0.2, -0.15) is 0 Å². The number of nitrogens with one attached hydrogen (secondary N) is 1. The van der Waals surface area contributed by atoms with Gasteiger partial charge in [0, 0.05) is 6.04 Å². The van der Waals surface area contributed by atoms with E-state index in [1.165, 1.54) is 19.3 Å². The topological polar surface area (TPSA) is 25.2 Å². The van der Waals surface area contributed by atoms with Crippen molar-refractivity contribution in [3.8, 4) is 0 Å². The number of hydrogen-bond acceptors (Lipinski definition) is 2. The number of rotatable bonds is 4. The molecule has 16 heavy (non-hydrogen) atoms. The van der Waals surface area contributed by atoms with Crippen molar-refractivity contribution in [3.05, 3.63) is 22.6 Å². The molecule has 1 saturated carbocycles. The highest BCUT2D eigenvalue weighted by molar-refractivity contribution is 9.10. The number of hydrogen-bond donors (Lipinski definition) is 1. The van der Waals surface area contributed by atoms with Crippen LogP contribution in [0.15, 0.2) is 21.2 Å². The fourth-order valence-corrected chi connectivity index (χ4v) is 3.13. The summed E-state index contributed by atoms with van der Waals surface area (Å²) in [5, 5.41) is 3.61. The minimum Gasteiger partial charge on any atom is -0.453 e. The molecule has 0 radical (unpaired) electrons. The smallest absolute Gasteiger partial charge is 0.169 e. The summed E-state index contributed by atoms with van der Waals surface area (Å²) in [4.78, 5) is 0. The molecule has 0 saturated heterocycles. The average molecular weight is 286 g/mol. The Morgan fingerprint density at radius 1 is 1.44 bits per heavy atom. The molecule has 0 amide bonds. The first-order valence-electron chi connectivity index (χ1n) is 6.18. The van der Waals surface area contributed by atoms with Gasteiger partial charge in [0.05, 0.1) is 6.54 Å². The highest BCUT2D eigenvalue weighted by Crippen LogP contribution is 2.34. The van der Waals surface area contributed by atoms with Gasteiger partial charge < -0.3 is 9.73 Å². The minimum absolute atomic E-state index is 0.661. The van der Waals surface area contributed by atoms with Crippen molar-refractivity contribution in [3.63, 3.8) is 0 Å². The van der Waals surface area contributed by atoms with E-state index in [9.17, 15) is 0 Å². The van der Waals surface area contributed by atoms with E-state index in [-0.39, 0.29) is 0 Å². The van der Waals surface area contributed by atoms with Gasteiger partial charge in [-0.25, -0.2) is 0 Å². The van der Waals surface area contributed by atoms with Crippen LogP contribution in [0.5, 0.6) is 0 Å². The standard InChI is InChI=1S/C13H20BrNO/c1-3-10-4-6-12(9(10)2)15-8-11-5-7-13(14)16-11/h5,7,9-10,12,15H,3-4,6,8H2,1-2H3. The van der Waals surface area contributed by atoms with Crippen molar-refractivity contribution >= 4 is 15.9 Å². The summed E-state index contributed by atoms with van der Waals surface area (Å²) >= 11 is 3.32. The van der Waals surface area contributed by atoms with E-state index in [0.29, 0.717) is 6.04 Å². The van der Waals surface area contributed by atoms with Crippen LogP contribution in [0.2, 0.25) is 0 Å². The molecule has 1 aliphatic rings. The third kappa shape index (κ3) is 2.69. The van der Waals surface area contributed by atoms with Crippen LogP contribution in [0.25, 0.3) is 0 Å². The maximum atomic E-state index is 5.49. The van der Waals surface area contributed by atoms with Gasteiger partial charge in [0.1, 0.15) is 5.76 Å². The maximum absolute atomic E-state index is 5.49. The number of furan rings is 1. The van der Waals surface area contributed by atoms with Crippen molar-refractivity contribution in [2.75, 3.05) is 0 Å². The van der Waals surface area contributed by atoms with Crippen LogP contribution < -0.4 is 5.32 Å². The van der Waals surface area contributed by atoms with Crippen LogP contribution in [0.1, 0.15) is 38.9 Å². The van der Waals surface area contributed by atoms with Crippen LogP contribution in [-0.2, 0) is 6.54 Å². The summed E-state index contributed by atoms with van der Waals surface area (Å²) < 4.78 is 6.30. The lowest BCUT2D eigenvalue weighted by Crippen LogP contribution is -2.32. The van der Waals surface area contributed by atoms with Crippen LogP contribution in [0.3, 0.4) is 0 Å². The van der Waals surface area contributed by atoms with Gasteiger partial charge in [0.15, 0.2) is 4.67 Å². The normalized spacial score (nSPS) is 29.8. The summed E-state index contributed by atoms with van der Waals surface area (Å²) in [6.07, 6.45) is 3.99. The van der Waals surface area contributed by atoms with E-state index < -0.39 is 0 Å². The third-order valence-corrected chi connectivity index (χ3v) is 4.34. The van der Waals surface area contributed by atoms with Crippen LogP contribution in [0, 0.1) is 11.8 Å². The Morgan fingerprint density at radius 2 is 2.25 bits per heavy atom. The van der Waals surface area contributed by atoms with E-state index in [2.05, 4.69) is 35.1 Å². The molecule has 2 rings (SSSR count). The SMILES string of the molecule is CCC1CCC(NCc2ccc(Br)o2)C1C. The van der Waals surface area contributed by atoms with Gasteiger partial charge in [-0.15, -0.1) is 0 Å². The lowest BCUT2D eigenvalue weighted by atomic mass is 9.93. The van der Waals surface area contributed by atoms with Gasteiger partial charge >= 0.3 is 0 Å². The molecule has 2 nitrogen and oxygen atoms in total. The molecular weight excluding hydrogens is 266 g/mol. The Balaban J connectivity index is 1.83. The molecule has 0 aromatic carbocycles. The van der Waals surface area contributed by atoms with Gasteiger partial charge in [0.2, 0.25) is 0 Å². The first-order valence-corrected chi connectivity index (χ1v) is 6.97. The maximum Gasteiger partial charge on any atom is 0.169 e. The van der Waals surface area contributed by atoms with Gasteiger partial charge in [-0.1, -0.05) is 20.3 Å². The molecule has 1 fully saturated rings. The highest BCUT2D eigenvalue weighted by atomic mass is 79.9. The summed E-state index contributed by atoms with van der Waals surface area (Å²) in [6, 6.07) is 4.63. The first-order chi connectivity index (χ1) is 7.70. The van der Waals surface area contributed by atoms with Gasteiger partial charge in [-0.05, 0) is 52.7 Å². The second-order valence-corrected chi connectivity index (χ2v) is 5.58. The molecule has 0 spiro atoms. The lowest BCUT2D eigenvalue weighted by Gasteiger charge is -2.20. The molecule has 0 aliphatic heterocycles. The zero-order chi connectivity index (χ0) is 11.5. The Morgan fingerprint density at radius 3 is 2.81 bits per heavy atom. The van der Waals surface area contributed by atoms with Gasteiger partial charge in [0.25, 0.3) is 0 Å². The zero-order valence-electron chi connectivity index (χ0n) is 10.0. The van der Waals surface area contributed by atoms with Crippen molar-refractivity contribution in [1.29, 1.82) is 0 Å². The van der Waals surface area contributed by atoms with Gasteiger partial charge in [-0.3, -0.25) is 0 Å². The molecule has 1 aromatic heterocycles. The van der Waals surface area contributed by atoms with E-state index in [1.807, 2.05) is 12.1 Å². The molecule has 90 valence electrons. The van der Waals surface area contributed by atoms with Crippen molar-refractivity contribution in [2.45, 2.75) is 45.7 Å². The Kier molecular flexibility index (Phi) is 4.09. The summed E-state index contributed by atoms with van der Waals surface area (Å²) in [5.74, 6) is 2.71. The number of halogens is 1. The molecule has 3 atom stereocenters. The Labute approximate surface area is 106 Å². The van der Waals surface area contributed by atoms with Crippen molar-refractivity contribution in [1.82, 2.24) is 5.32 Å². The average Bonchev–Trinajstić information content (AvgIpc) is 2.83. The van der Waals surface area contributed by atoms with Crippen molar-refractivity contribution in [2.24, 2.45) is 11.8 Å². The Hall–Kier alpha value is -0.280. The van der Waals surface area contributed by atoms with Crippen LogP contribution >= 0.6 is 15.9 Å². The largest absolute Gasteiger partial charge is 0.453 e.